The summed E-state index contributed by atoms with van der Waals surface area (Å²) in [4.78, 5) is 0. The number of rotatable bonds is 3. The molecule has 0 radical (unpaired) electrons. The second-order valence-corrected chi connectivity index (χ2v) is 9.03. The van der Waals surface area contributed by atoms with Crippen LogP contribution in [0.5, 0.6) is 5.75 Å². The SMILES string of the molecule is CC(C)(C)c1ccc(O[C@@H]2O[C@H](CO)[C@@H](O)[C@H](O)[C@H]2O)c(C(C)(C)C)c1. The molecule has 0 bridgehead atoms. The fourth-order valence-electron chi connectivity index (χ4n) is 2.98. The zero-order chi connectivity index (χ0) is 19.9. The van der Waals surface area contributed by atoms with Crippen molar-refractivity contribution in [3.05, 3.63) is 29.3 Å². The van der Waals surface area contributed by atoms with Crippen molar-refractivity contribution in [1.29, 1.82) is 0 Å². The lowest BCUT2D eigenvalue weighted by Crippen LogP contribution is -2.60. The van der Waals surface area contributed by atoms with Gasteiger partial charge in [0.05, 0.1) is 6.61 Å². The van der Waals surface area contributed by atoms with Crippen molar-refractivity contribution >= 4 is 0 Å². The normalized spacial score (nSPS) is 30.3. The lowest BCUT2D eigenvalue weighted by Gasteiger charge is -2.40. The molecule has 148 valence electrons. The number of hydrogen-bond acceptors (Lipinski definition) is 6. The average Bonchev–Trinajstić information content (AvgIpc) is 2.53. The molecule has 1 aliphatic heterocycles. The summed E-state index contributed by atoms with van der Waals surface area (Å²) in [7, 11) is 0. The number of benzene rings is 1. The Balaban J connectivity index is 2.36. The molecule has 1 aromatic carbocycles. The van der Waals surface area contributed by atoms with Crippen LogP contribution >= 0.6 is 0 Å². The molecular formula is C20H32O6. The predicted octanol–water partition coefficient (Wildman–Crippen LogP) is 1.46. The maximum absolute atomic E-state index is 10.2. The molecule has 0 spiro atoms. The summed E-state index contributed by atoms with van der Waals surface area (Å²) in [5, 5.41) is 39.4. The minimum Gasteiger partial charge on any atom is -0.462 e. The van der Waals surface area contributed by atoms with E-state index in [1.54, 1.807) is 0 Å². The molecule has 5 atom stereocenters. The smallest absolute Gasteiger partial charge is 0.229 e. The van der Waals surface area contributed by atoms with E-state index < -0.39 is 37.3 Å². The van der Waals surface area contributed by atoms with Gasteiger partial charge in [0.25, 0.3) is 0 Å². The van der Waals surface area contributed by atoms with Crippen molar-refractivity contribution in [1.82, 2.24) is 0 Å². The summed E-state index contributed by atoms with van der Waals surface area (Å²) in [5.41, 5.74) is 1.86. The molecule has 6 heteroatoms. The van der Waals surface area contributed by atoms with E-state index in [0.717, 1.165) is 11.1 Å². The van der Waals surface area contributed by atoms with E-state index in [9.17, 15) is 20.4 Å². The van der Waals surface area contributed by atoms with Gasteiger partial charge in [-0.2, -0.15) is 0 Å². The molecule has 1 aliphatic rings. The molecule has 1 fully saturated rings. The van der Waals surface area contributed by atoms with Gasteiger partial charge in [-0.15, -0.1) is 0 Å². The third-order valence-electron chi connectivity index (χ3n) is 4.75. The van der Waals surface area contributed by atoms with Gasteiger partial charge >= 0.3 is 0 Å². The molecule has 26 heavy (non-hydrogen) atoms. The Morgan fingerprint density at radius 3 is 2.04 bits per heavy atom. The number of hydrogen-bond donors (Lipinski definition) is 4. The van der Waals surface area contributed by atoms with Crippen LogP contribution in [0.1, 0.15) is 52.7 Å². The van der Waals surface area contributed by atoms with Crippen LogP contribution in [-0.2, 0) is 15.6 Å². The summed E-state index contributed by atoms with van der Waals surface area (Å²) >= 11 is 0. The maximum Gasteiger partial charge on any atom is 0.229 e. The first-order valence-electron chi connectivity index (χ1n) is 8.98. The molecule has 6 nitrogen and oxygen atoms in total. The fourth-order valence-corrected chi connectivity index (χ4v) is 2.98. The molecule has 0 aliphatic carbocycles. The van der Waals surface area contributed by atoms with Gasteiger partial charge in [-0.1, -0.05) is 53.7 Å². The number of aliphatic hydroxyl groups is 4. The highest BCUT2D eigenvalue weighted by Crippen LogP contribution is 2.37. The third-order valence-corrected chi connectivity index (χ3v) is 4.75. The molecule has 0 saturated carbocycles. The van der Waals surface area contributed by atoms with E-state index in [4.69, 9.17) is 9.47 Å². The molecule has 2 rings (SSSR count). The van der Waals surface area contributed by atoms with Gasteiger partial charge in [-0.05, 0) is 28.0 Å². The molecule has 4 N–H and O–H groups in total. The van der Waals surface area contributed by atoms with Crippen molar-refractivity contribution in [3.63, 3.8) is 0 Å². The summed E-state index contributed by atoms with van der Waals surface area (Å²) < 4.78 is 11.4. The zero-order valence-electron chi connectivity index (χ0n) is 16.4. The monoisotopic (exact) mass is 368 g/mol. The van der Waals surface area contributed by atoms with E-state index in [0.29, 0.717) is 5.75 Å². The Bertz CT molecular complexity index is 614. The van der Waals surface area contributed by atoms with Crippen LogP contribution in [0.25, 0.3) is 0 Å². The van der Waals surface area contributed by atoms with E-state index in [1.807, 2.05) is 12.1 Å². The van der Waals surface area contributed by atoms with Gasteiger partial charge in [-0.3, -0.25) is 0 Å². The molecule has 0 amide bonds. The second-order valence-electron chi connectivity index (χ2n) is 9.03. The maximum atomic E-state index is 10.2. The second kappa shape index (κ2) is 7.44. The first-order valence-corrected chi connectivity index (χ1v) is 8.98. The van der Waals surface area contributed by atoms with Crippen molar-refractivity contribution in [3.8, 4) is 5.75 Å². The van der Waals surface area contributed by atoms with E-state index >= 15 is 0 Å². The standard InChI is InChI=1S/C20H32O6/c1-19(2,3)11-7-8-13(12(9-11)20(4,5)6)25-18-17(24)16(23)15(22)14(10-21)26-18/h7-9,14-18,21-24H,10H2,1-6H3/t14-,15-,16+,17-,18-/m1/s1. The topological polar surface area (TPSA) is 99.4 Å². The highest BCUT2D eigenvalue weighted by atomic mass is 16.7. The van der Waals surface area contributed by atoms with Crippen molar-refractivity contribution < 1.29 is 29.9 Å². The minimum absolute atomic E-state index is 0.0261. The molecule has 1 saturated heterocycles. The van der Waals surface area contributed by atoms with Crippen LogP contribution in [0.15, 0.2) is 18.2 Å². The Kier molecular flexibility index (Phi) is 6.05. The lowest BCUT2D eigenvalue weighted by atomic mass is 9.80. The van der Waals surface area contributed by atoms with Crippen LogP contribution in [-0.4, -0.2) is 57.7 Å². The summed E-state index contributed by atoms with van der Waals surface area (Å²) in [5.74, 6) is 0.537. The van der Waals surface area contributed by atoms with Crippen molar-refractivity contribution in [2.45, 2.75) is 83.1 Å². The van der Waals surface area contributed by atoms with E-state index in [1.165, 1.54) is 0 Å². The van der Waals surface area contributed by atoms with Gasteiger partial charge < -0.3 is 29.9 Å². The quantitative estimate of drug-likeness (QED) is 0.645. The highest BCUT2D eigenvalue weighted by Gasteiger charge is 2.45. The minimum atomic E-state index is -1.46. The van der Waals surface area contributed by atoms with E-state index in [-0.39, 0.29) is 10.8 Å². The van der Waals surface area contributed by atoms with Gasteiger partial charge in [0.2, 0.25) is 6.29 Å². The van der Waals surface area contributed by atoms with Crippen LogP contribution in [0.2, 0.25) is 0 Å². The molecule has 0 aromatic heterocycles. The Labute approximate surface area is 155 Å². The largest absolute Gasteiger partial charge is 0.462 e. The number of aliphatic hydroxyl groups excluding tert-OH is 4. The van der Waals surface area contributed by atoms with Crippen molar-refractivity contribution in [2.75, 3.05) is 6.61 Å². The first kappa shape index (κ1) is 21.1. The molecular weight excluding hydrogens is 336 g/mol. The van der Waals surface area contributed by atoms with Crippen LogP contribution in [0, 0.1) is 0 Å². The molecule has 1 heterocycles. The predicted molar refractivity (Wildman–Crippen MR) is 98.2 cm³/mol. The summed E-state index contributed by atoms with van der Waals surface area (Å²) in [6.45, 7) is 12.1. The number of ether oxygens (including phenoxy) is 2. The molecule has 1 aromatic rings. The Morgan fingerprint density at radius 2 is 1.54 bits per heavy atom. The van der Waals surface area contributed by atoms with Crippen molar-refractivity contribution in [2.24, 2.45) is 0 Å². The zero-order valence-corrected chi connectivity index (χ0v) is 16.4. The Hall–Kier alpha value is -1.18. The Morgan fingerprint density at radius 1 is 0.923 bits per heavy atom. The van der Waals surface area contributed by atoms with Gasteiger partial charge in [0.15, 0.2) is 0 Å². The lowest BCUT2D eigenvalue weighted by molar-refractivity contribution is -0.277. The summed E-state index contributed by atoms with van der Waals surface area (Å²) in [6, 6.07) is 5.89. The highest BCUT2D eigenvalue weighted by molar-refractivity contribution is 5.43. The fraction of sp³-hybridized carbons (Fsp3) is 0.700. The van der Waals surface area contributed by atoms with Gasteiger partial charge in [0, 0.05) is 0 Å². The first-order chi connectivity index (χ1) is 11.9. The van der Waals surface area contributed by atoms with Crippen LogP contribution in [0.4, 0.5) is 0 Å². The summed E-state index contributed by atoms with van der Waals surface area (Å²) in [6.07, 6.45) is -6.47. The van der Waals surface area contributed by atoms with Crippen LogP contribution < -0.4 is 4.74 Å². The molecule has 0 unspecified atom stereocenters. The average molecular weight is 368 g/mol. The third kappa shape index (κ3) is 4.38. The van der Waals surface area contributed by atoms with Crippen LogP contribution in [0.3, 0.4) is 0 Å². The van der Waals surface area contributed by atoms with Gasteiger partial charge in [-0.25, -0.2) is 0 Å². The van der Waals surface area contributed by atoms with E-state index in [2.05, 4.69) is 47.6 Å². The van der Waals surface area contributed by atoms with Gasteiger partial charge in [0.1, 0.15) is 30.2 Å².